The fourth-order valence-electron chi connectivity index (χ4n) is 4.97. The molecule has 0 radical (unpaired) electrons. The first-order valence-electron chi connectivity index (χ1n) is 15.7. The van der Waals surface area contributed by atoms with Gasteiger partial charge in [-0.3, -0.25) is 19.2 Å². The summed E-state index contributed by atoms with van der Waals surface area (Å²) in [5.41, 5.74) is 0.803. The van der Waals surface area contributed by atoms with Gasteiger partial charge in [0.25, 0.3) is 0 Å². The molecule has 0 unspecified atom stereocenters. The maximum atomic E-state index is 13.2. The van der Waals surface area contributed by atoms with E-state index in [-0.39, 0.29) is 35.3 Å². The maximum Gasteiger partial charge on any atom is 0.326 e. The molecule has 4 amide bonds. The first-order valence-corrected chi connectivity index (χ1v) is 17.9. The highest BCUT2D eigenvalue weighted by Gasteiger charge is 2.31. The molecule has 0 aliphatic heterocycles. The standard InChI is InChI=1S/C32H48N6O9S2/c1-18(2)13-22(29(41)36-23(32(44)45)14-19(3)4)35-30(42)24(16-39)37-31(43)25(17-48)34-28(40)15-33-49(46,47)27-12-8-9-20-21(27)10-7-11-26(20)38(5)6/h7-12,18-19,22-25,33,39,48H,13-17H2,1-6H3,(H,34,40)(H,35,42)(H,36,41)(H,37,43)(H,44,45)/t22-,23-,24-,25-/m0/s1. The van der Waals surface area contributed by atoms with E-state index in [1.807, 2.05) is 25.1 Å². The van der Waals surface area contributed by atoms with Crippen LogP contribution in [0.2, 0.25) is 0 Å². The molecule has 15 nitrogen and oxygen atoms in total. The van der Waals surface area contributed by atoms with Gasteiger partial charge in [0.05, 0.1) is 18.0 Å². The summed E-state index contributed by atoms with van der Waals surface area (Å²) in [6, 6.07) is 4.80. The molecule has 0 aliphatic carbocycles. The Morgan fingerprint density at radius 3 is 1.82 bits per heavy atom. The Morgan fingerprint density at radius 1 is 0.755 bits per heavy atom. The normalized spacial score (nSPS) is 14.1. The van der Waals surface area contributed by atoms with Gasteiger partial charge in [-0.2, -0.15) is 12.6 Å². The lowest BCUT2D eigenvalue weighted by Crippen LogP contribution is -2.59. The van der Waals surface area contributed by atoms with E-state index in [1.54, 1.807) is 52.0 Å². The number of hydrogen-bond acceptors (Lipinski definition) is 10. The number of carboxylic acid groups (broad SMARTS) is 1. The maximum absolute atomic E-state index is 13.2. The van der Waals surface area contributed by atoms with Crippen molar-refractivity contribution in [3.63, 3.8) is 0 Å². The Morgan fingerprint density at radius 2 is 1.27 bits per heavy atom. The molecule has 0 fully saturated rings. The van der Waals surface area contributed by atoms with Gasteiger partial charge in [-0.05, 0) is 36.8 Å². The molecule has 0 spiro atoms. The molecule has 272 valence electrons. The number of aliphatic carboxylic acids is 1. The first kappa shape index (κ1) is 41.2. The van der Waals surface area contributed by atoms with Crippen LogP contribution in [0.1, 0.15) is 40.5 Å². The molecule has 2 aromatic rings. The number of aliphatic hydroxyl groups is 1. The number of nitrogens with one attached hydrogen (secondary N) is 5. The van der Waals surface area contributed by atoms with Gasteiger partial charge in [0, 0.05) is 36.3 Å². The molecule has 0 saturated carbocycles. The molecular weight excluding hydrogens is 677 g/mol. The van der Waals surface area contributed by atoms with Crippen molar-refractivity contribution in [1.82, 2.24) is 26.0 Å². The van der Waals surface area contributed by atoms with Crippen LogP contribution in [-0.2, 0) is 34.0 Å². The minimum absolute atomic E-state index is 0.0326. The molecule has 4 atom stereocenters. The number of carbonyl (C=O) groups excluding carboxylic acids is 4. The number of anilines is 1. The van der Waals surface area contributed by atoms with Gasteiger partial charge in [0.1, 0.15) is 24.2 Å². The van der Waals surface area contributed by atoms with Gasteiger partial charge >= 0.3 is 5.97 Å². The van der Waals surface area contributed by atoms with E-state index in [9.17, 15) is 42.6 Å². The molecule has 0 aromatic heterocycles. The lowest BCUT2D eigenvalue weighted by Gasteiger charge is -2.26. The molecule has 2 rings (SSSR count). The Balaban J connectivity index is 2.08. The number of thiol groups is 1. The number of nitrogens with zero attached hydrogens (tertiary/aromatic N) is 1. The third kappa shape index (κ3) is 12.2. The van der Waals surface area contributed by atoms with Gasteiger partial charge in [0.15, 0.2) is 0 Å². The zero-order chi connectivity index (χ0) is 37.1. The third-order valence-electron chi connectivity index (χ3n) is 7.36. The van der Waals surface area contributed by atoms with E-state index in [2.05, 4.69) is 38.6 Å². The predicted octanol–water partition coefficient (Wildman–Crippen LogP) is 0.222. The highest BCUT2D eigenvalue weighted by atomic mass is 32.2. The smallest absolute Gasteiger partial charge is 0.326 e. The molecule has 17 heteroatoms. The fraction of sp³-hybridized carbons (Fsp3) is 0.531. The van der Waals surface area contributed by atoms with Gasteiger partial charge in [-0.1, -0.05) is 52.0 Å². The second-order valence-electron chi connectivity index (χ2n) is 12.6. The topological polar surface area (TPSA) is 223 Å². The molecule has 49 heavy (non-hydrogen) atoms. The molecule has 0 aliphatic rings. The van der Waals surface area contributed by atoms with Crippen LogP contribution >= 0.6 is 12.6 Å². The zero-order valence-electron chi connectivity index (χ0n) is 28.5. The van der Waals surface area contributed by atoms with E-state index < -0.39 is 76.9 Å². The summed E-state index contributed by atoms with van der Waals surface area (Å²) in [7, 11) is -0.506. The number of carboxylic acids is 1. The summed E-state index contributed by atoms with van der Waals surface area (Å²) in [6.07, 6.45) is 0.302. The Bertz CT molecular complexity index is 1600. The van der Waals surface area contributed by atoms with Gasteiger partial charge in [0.2, 0.25) is 33.7 Å². The van der Waals surface area contributed by atoms with Crippen molar-refractivity contribution < 1.29 is 42.6 Å². The van der Waals surface area contributed by atoms with E-state index in [0.717, 1.165) is 5.69 Å². The summed E-state index contributed by atoms with van der Waals surface area (Å²) < 4.78 is 28.6. The number of amides is 4. The van der Waals surface area contributed by atoms with E-state index in [4.69, 9.17) is 0 Å². The van der Waals surface area contributed by atoms with E-state index in [1.165, 1.54) is 6.07 Å². The second-order valence-corrected chi connectivity index (χ2v) is 14.7. The number of carbonyl (C=O) groups is 5. The minimum atomic E-state index is -4.17. The van der Waals surface area contributed by atoms with Crippen molar-refractivity contribution in [3.05, 3.63) is 36.4 Å². The van der Waals surface area contributed by atoms with Crippen molar-refractivity contribution in [2.45, 2.75) is 69.6 Å². The monoisotopic (exact) mass is 724 g/mol. The largest absolute Gasteiger partial charge is 0.480 e. The van der Waals surface area contributed by atoms with Crippen molar-refractivity contribution in [2.75, 3.05) is 37.9 Å². The Kier molecular flexibility index (Phi) is 15.8. The molecule has 7 N–H and O–H groups in total. The van der Waals surface area contributed by atoms with Crippen LogP contribution in [0.25, 0.3) is 10.8 Å². The molecule has 0 heterocycles. The Hall–Kier alpha value is -3.93. The van der Waals surface area contributed by atoms with Crippen molar-refractivity contribution in [3.8, 4) is 0 Å². The summed E-state index contributed by atoms with van der Waals surface area (Å²) in [5.74, 6) is -5.01. The number of fused-ring (bicyclic) bond motifs is 1. The van der Waals surface area contributed by atoms with Crippen LogP contribution in [-0.4, -0.2) is 105 Å². The fourth-order valence-corrected chi connectivity index (χ4v) is 6.43. The highest BCUT2D eigenvalue weighted by Crippen LogP contribution is 2.30. The number of aliphatic hydroxyl groups excluding tert-OH is 1. The van der Waals surface area contributed by atoms with E-state index in [0.29, 0.717) is 10.8 Å². The van der Waals surface area contributed by atoms with Crippen LogP contribution < -0.4 is 30.9 Å². The summed E-state index contributed by atoms with van der Waals surface area (Å²) in [6.45, 7) is 5.61. The predicted molar refractivity (Wildman–Crippen MR) is 189 cm³/mol. The van der Waals surface area contributed by atoms with Gasteiger partial charge in [-0.25, -0.2) is 17.9 Å². The van der Waals surface area contributed by atoms with Crippen LogP contribution in [0.4, 0.5) is 5.69 Å². The number of benzene rings is 2. The lowest BCUT2D eigenvalue weighted by molar-refractivity contribution is -0.143. The van der Waals surface area contributed by atoms with Crippen LogP contribution in [0.3, 0.4) is 0 Å². The first-order chi connectivity index (χ1) is 22.9. The number of rotatable bonds is 19. The zero-order valence-corrected chi connectivity index (χ0v) is 30.2. The van der Waals surface area contributed by atoms with Crippen molar-refractivity contribution >= 4 is 68.7 Å². The lowest BCUT2D eigenvalue weighted by atomic mass is 10.0. The quantitative estimate of drug-likeness (QED) is 0.0921. The second kappa shape index (κ2) is 18.7. The van der Waals surface area contributed by atoms with E-state index >= 15 is 0 Å². The average Bonchev–Trinajstić information content (AvgIpc) is 3.03. The van der Waals surface area contributed by atoms with Crippen molar-refractivity contribution in [2.24, 2.45) is 11.8 Å². The molecule has 0 bridgehead atoms. The third-order valence-corrected chi connectivity index (χ3v) is 9.19. The van der Waals surface area contributed by atoms with Crippen LogP contribution in [0.5, 0.6) is 0 Å². The number of sulfonamides is 1. The van der Waals surface area contributed by atoms with Crippen LogP contribution in [0, 0.1) is 11.8 Å². The molecule has 2 aromatic carbocycles. The van der Waals surface area contributed by atoms with Gasteiger partial charge in [-0.15, -0.1) is 0 Å². The average molecular weight is 725 g/mol. The van der Waals surface area contributed by atoms with Crippen molar-refractivity contribution in [1.29, 1.82) is 0 Å². The summed E-state index contributed by atoms with van der Waals surface area (Å²) in [5, 5.41) is 30.1. The van der Waals surface area contributed by atoms with Gasteiger partial charge < -0.3 is 36.4 Å². The molecular formula is C32H48N6O9S2. The summed E-state index contributed by atoms with van der Waals surface area (Å²) in [4.78, 5) is 65.3. The number of hydrogen-bond donors (Lipinski definition) is 8. The minimum Gasteiger partial charge on any atom is -0.480 e. The molecule has 0 saturated heterocycles. The van der Waals surface area contributed by atoms with Crippen LogP contribution in [0.15, 0.2) is 41.3 Å². The SMILES string of the molecule is CC(C)C[C@H](NC(=O)[C@H](CC(C)C)NC(=O)[C@H](CO)NC(=O)[C@H](CS)NC(=O)CNS(=O)(=O)c1cccc2c(N(C)C)cccc12)C(=O)O. The highest BCUT2D eigenvalue weighted by molar-refractivity contribution is 7.89. The summed E-state index contributed by atoms with van der Waals surface area (Å²) >= 11 is 4.09. The Labute approximate surface area is 292 Å².